The van der Waals surface area contributed by atoms with E-state index in [1.807, 2.05) is 0 Å². The highest BCUT2D eigenvalue weighted by molar-refractivity contribution is 5.67. The van der Waals surface area contributed by atoms with E-state index >= 15 is 0 Å². The number of hydrogen-bond donors (Lipinski definition) is 0. The SMILES string of the molecule is [CH2]CCCc1ccccc1-c1ccccc1. The number of unbranched alkanes of at least 4 members (excludes halogenated alkanes) is 1. The summed E-state index contributed by atoms with van der Waals surface area (Å²) in [4.78, 5) is 0. The van der Waals surface area contributed by atoms with Crippen molar-refractivity contribution >= 4 is 0 Å². The van der Waals surface area contributed by atoms with Crippen LogP contribution < -0.4 is 0 Å². The Kier molecular flexibility index (Phi) is 3.76. The second kappa shape index (κ2) is 5.50. The van der Waals surface area contributed by atoms with Crippen molar-refractivity contribution in [3.63, 3.8) is 0 Å². The Hall–Kier alpha value is -1.56. The molecular weight excluding hydrogens is 192 g/mol. The van der Waals surface area contributed by atoms with Gasteiger partial charge in [-0.25, -0.2) is 0 Å². The number of benzene rings is 2. The topological polar surface area (TPSA) is 0 Å². The van der Waals surface area contributed by atoms with Gasteiger partial charge in [0.2, 0.25) is 0 Å². The summed E-state index contributed by atoms with van der Waals surface area (Å²) in [5.41, 5.74) is 4.09. The van der Waals surface area contributed by atoms with E-state index in [-0.39, 0.29) is 0 Å². The Morgan fingerprint density at radius 1 is 0.812 bits per heavy atom. The third kappa shape index (κ3) is 2.52. The summed E-state index contributed by atoms with van der Waals surface area (Å²) < 4.78 is 0. The summed E-state index contributed by atoms with van der Waals surface area (Å²) in [7, 11) is 0. The predicted molar refractivity (Wildman–Crippen MR) is 70.2 cm³/mol. The van der Waals surface area contributed by atoms with Crippen LogP contribution in [0.3, 0.4) is 0 Å². The lowest BCUT2D eigenvalue weighted by atomic mass is 9.96. The minimum absolute atomic E-state index is 1.00. The lowest BCUT2D eigenvalue weighted by Gasteiger charge is -2.08. The van der Waals surface area contributed by atoms with Gasteiger partial charge in [0.15, 0.2) is 0 Å². The van der Waals surface area contributed by atoms with Crippen LogP contribution in [0.5, 0.6) is 0 Å². The van der Waals surface area contributed by atoms with Crippen LogP contribution >= 0.6 is 0 Å². The maximum Gasteiger partial charge on any atom is -0.0152 e. The lowest BCUT2D eigenvalue weighted by Crippen LogP contribution is -1.89. The fourth-order valence-corrected chi connectivity index (χ4v) is 1.95. The van der Waals surface area contributed by atoms with Crippen molar-refractivity contribution in [1.29, 1.82) is 0 Å². The molecule has 0 spiro atoms. The maximum atomic E-state index is 3.90. The lowest BCUT2D eigenvalue weighted by molar-refractivity contribution is 0.842. The average Bonchev–Trinajstić information content (AvgIpc) is 2.38. The number of aryl methyl sites for hydroxylation is 1. The van der Waals surface area contributed by atoms with Gasteiger partial charge in [0.05, 0.1) is 0 Å². The Balaban J connectivity index is 2.33. The Morgan fingerprint density at radius 2 is 1.50 bits per heavy atom. The average molecular weight is 209 g/mol. The minimum atomic E-state index is 1.00. The zero-order valence-electron chi connectivity index (χ0n) is 9.52. The third-order valence-corrected chi connectivity index (χ3v) is 2.80. The van der Waals surface area contributed by atoms with E-state index in [0.29, 0.717) is 0 Å². The fraction of sp³-hybridized carbons (Fsp3) is 0.188. The summed E-state index contributed by atoms with van der Waals surface area (Å²) in [6.07, 6.45) is 3.28. The Labute approximate surface area is 97.9 Å². The van der Waals surface area contributed by atoms with E-state index in [0.717, 1.165) is 19.3 Å². The van der Waals surface area contributed by atoms with Crippen molar-refractivity contribution in [3.05, 3.63) is 67.1 Å². The molecule has 2 aromatic rings. The molecule has 0 aliphatic heterocycles. The Bertz CT molecular complexity index is 429. The van der Waals surface area contributed by atoms with Crippen molar-refractivity contribution in [1.82, 2.24) is 0 Å². The Morgan fingerprint density at radius 3 is 2.25 bits per heavy atom. The van der Waals surface area contributed by atoms with E-state index in [1.165, 1.54) is 16.7 Å². The van der Waals surface area contributed by atoms with Crippen LogP contribution in [0.4, 0.5) is 0 Å². The molecule has 0 aliphatic rings. The molecule has 0 N–H and O–H groups in total. The first-order valence-electron chi connectivity index (χ1n) is 5.84. The zero-order valence-corrected chi connectivity index (χ0v) is 9.52. The third-order valence-electron chi connectivity index (χ3n) is 2.80. The van der Waals surface area contributed by atoms with Crippen LogP contribution in [0.2, 0.25) is 0 Å². The van der Waals surface area contributed by atoms with E-state index < -0.39 is 0 Å². The number of rotatable bonds is 4. The first kappa shape index (κ1) is 10.9. The molecule has 2 rings (SSSR count). The molecule has 0 aromatic heterocycles. The van der Waals surface area contributed by atoms with Gasteiger partial charge < -0.3 is 0 Å². The molecule has 16 heavy (non-hydrogen) atoms. The molecule has 0 bridgehead atoms. The molecule has 0 fully saturated rings. The first-order chi connectivity index (χ1) is 7.92. The van der Waals surface area contributed by atoms with E-state index in [1.54, 1.807) is 0 Å². The van der Waals surface area contributed by atoms with E-state index in [4.69, 9.17) is 0 Å². The molecule has 0 saturated heterocycles. The second-order valence-corrected chi connectivity index (χ2v) is 3.98. The van der Waals surface area contributed by atoms with Gasteiger partial charge >= 0.3 is 0 Å². The smallest absolute Gasteiger partial charge is 0.0152 e. The molecule has 0 amide bonds. The van der Waals surface area contributed by atoms with Crippen LogP contribution in [0.25, 0.3) is 11.1 Å². The van der Waals surface area contributed by atoms with Crippen LogP contribution in [-0.2, 0) is 6.42 Å². The summed E-state index contributed by atoms with van der Waals surface area (Å²) in [6.45, 7) is 3.90. The molecule has 0 nitrogen and oxygen atoms in total. The molecule has 0 heterocycles. The fourth-order valence-electron chi connectivity index (χ4n) is 1.95. The molecule has 0 aliphatic carbocycles. The molecular formula is C16H17. The van der Waals surface area contributed by atoms with Crippen LogP contribution in [0, 0.1) is 6.92 Å². The van der Waals surface area contributed by atoms with E-state index in [9.17, 15) is 0 Å². The van der Waals surface area contributed by atoms with Crippen molar-refractivity contribution in [2.45, 2.75) is 19.3 Å². The molecule has 0 heteroatoms. The summed E-state index contributed by atoms with van der Waals surface area (Å²) in [5.74, 6) is 0. The molecule has 1 radical (unpaired) electrons. The number of hydrogen-bond acceptors (Lipinski definition) is 0. The standard InChI is InChI=1S/C16H17/c1-2-3-9-14-12-7-8-13-16(14)15-10-5-4-6-11-15/h4-8,10-13H,1-3,9H2. The molecule has 81 valence electrons. The van der Waals surface area contributed by atoms with Gasteiger partial charge in [-0.15, -0.1) is 0 Å². The summed E-state index contributed by atoms with van der Waals surface area (Å²) in [6, 6.07) is 19.2. The second-order valence-electron chi connectivity index (χ2n) is 3.98. The van der Waals surface area contributed by atoms with E-state index in [2.05, 4.69) is 61.5 Å². The molecule has 0 atom stereocenters. The van der Waals surface area contributed by atoms with Crippen molar-refractivity contribution in [2.24, 2.45) is 0 Å². The first-order valence-corrected chi connectivity index (χ1v) is 5.84. The summed E-state index contributed by atoms with van der Waals surface area (Å²) in [5, 5.41) is 0. The highest BCUT2D eigenvalue weighted by Crippen LogP contribution is 2.24. The predicted octanol–water partition coefficient (Wildman–Crippen LogP) is 4.51. The van der Waals surface area contributed by atoms with Gasteiger partial charge in [-0.2, -0.15) is 0 Å². The van der Waals surface area contributed by atoms with Crippen molar-refractivity contribution < 1.29 is 0 Å². The van der Waals surface area contributed by atoms with Gasteiger partial charge in [0.1, 0.15) is 0 Å². The van der Waals surface area contributed by atoms with Gasteiger partial charge in [-0.3, -0.25) is 0 Å². The maximum absolute atomic E-state index is 3.90. The van der Waals surface area contributed by atoms with Crippen LogP contribution in [0.15, 0.2) is 54.6 Å². The summed E-state index contributed by atoms with van der Waals surface area (Å²) >= 11 is 0. The highest BCUT2D eigenvalue weighted by atomic mass is 14.1. The van der Waals surface area contributed by atoms with Crippen molar-refractivity contribution in [3.8, 4) is 11.1 Å². The highest BCUT2D eigenvalue weighted by Gasteiger charge is 2.02. The quantitative estimate of drug-likeness (QED) is 0.695. The largest absolute Gasteiger partial charge is 0.0622 e. The molecule has 0 saturated carbocycles. The van der Waals surface area contributed by atoms with Crippen LogP contribution in [-0.4, -0.2) is 0 Å². The van der Waals surface area contributed by atoms with Gasteiger partial charge in [0, 0.05) is 0 Å². The monoisotopic (exact) mass is 209 g/mol. The van der Waals surface area contributed by atoms with Crippen molar-refractivity contribution in [2.75, 3.05) is 0 Å². The minimum Gasteiger partial charge on any atom is -0.0622 e. The van der Waals surface area contributed by atoms with Crippen LogP contribution in [0.1, 0.15) is 18.4 Å². The van der Waals surface area contributed by atoms with Gasteiger partial charge in [0.25, 0.3) is 0 Å². The van der Waals surface area contributed by atoms with Gasteiger partial charge in [-0.1, -0.05) is 67.9 Å². The molecule has 2 aromatic carbocycles. The van der Waals surface area contributed by atoms with Gasteiger partial charge in [-0.05, 0) is 29.5 Å². The zero-order chi connectivity index (χ0) is 11.2. The normalized spacial score (nSPS) is 10.3. The molecule has 0 unspecified atom stereocenters.